The van der Waals surface area contributed by atoms with Gasteiger partial charge in [0.1, 0.15) is 36.2 Å². The van der Waals surface area contributed by atoms with Gasteiger partial charge in [-0.2, -0.15) is 0 Å². The predicted molar refractivity (Wildman–Crippen MR) is 115 cm³/mol. The average Bonchev–Trinajstić information content (AvgIpc) is 3.35. The van der Waals surface area contributed by atoms with Gasteiger partial charge in [0.15, 0.2) is 17.7 Å². The topological polar surface area (TPSA) is 199 Å². The maximum absolute atomic E-state index is 11.1. The van der Waals surface area contributed by atoms with E-state index in [1.54, 1.807) is 12.3 Å². The monoisotopic (exact) mass is 458 g/mol. The summed E-state index contributed by atoms with van der Waals surface area (Å²) >= 11 is 0. The highest BCUT2D eigenvalue weighted by atomic mass is 16.6. The van der Waals surface area contributed by atoms with Crippen molar-refractivity contribution in [1.29, 1.82) is 0 Å². The number of anilines is 1. The smallest absolute Gasteiger partial charge is 0.320 e. The number of nitrogens with two attached hydrogens (primary N) is 2. The van der Waals surface area contributed by atoms with E-state index in [0.717, 1.165) is 5.69 Å². The van der Waals surface area contributed by atoms with Crippen LogP contribution in [0.3, 0.4) is 0 Å². The molecule has 3 aromatic rings. The summed E-state index contributed by atoms with van der Waals surface area (Å²) in [6, 6.07) is 4.47. The van der Waals surface area contributed by atoms with Crippen LogP contribution in [0.4, 0.5) is 5.82 Å². The Bertz CT molecular complexity index is 1100. The molecular weight excluding hydrogens is 432 g/mol. The first kappa shape index (κ1) is 22.9. The van der Waals surface area contributed by atoms with Crippen LogP contribution >= 0.6 is 0 Å². The second-order valence-corrected chi connectivity index (χ2v) is 7.92. The summed E-state index contributed by atoms with van der Waals surface area (Å²) in [6.45, 7) is 0.925. The lowest BCUT2D eigenvalue weighted by Crippen LogP contribution is -2.42. The van der Waals surface area contributed by atoms with Gasteiger partial charge in [0.05, 0.1) is 12.0 Å². The van der Waals surface area contributed by atoms with E-state index >= 15 is 0 Å². The summed E-state index contributed by atoms with van der Waals surface area (Å²) in [6.07, 6.45) is 0.400. The molecule has 1 aliphatic heterocycles. The molecule has 0 saturated carbocycles. The molecule has 0 amide bonds. The number of hydrogen-bond acceptors (Lipinski definition) is 11. The third-order valence-corrected chi connectivity index (χ3v) is 5.62. The summed E-state index contributed by atoms with van der Waals surface area (Å²) in [5.74, 6) is -0.895. The number of aliphatic carboxylic acids is 1. The van der Waals surface area contributed by atoms with Crippen LogP contribution in [-0.4, -0.2) is 88.1 Å². The Morgan fingerprint density at radius 1 is 1.21 bits per heavy atom. The van der Waals surface area contributed by atoms with Crippen LogP contribution < -0.4 is 11.5 Å². The minimum Gasteiger partial charge on any atom is -0.480 e. The van der Waals surface area contributed by atoms with E-state index < -0.39 is 36.6 Å². The Morgan fingerprint density at radius 3 is 2.76 bits per heavy atom. The molecule has 33 heavy (non-hydrogen) atoms. The number of imidazole rings is 1. The molecule has 0 spiro atoms. The number of pyridine rings is 1. The number of ether oxygens (including phenoxy) is 1. The van der Waals surface area contributed by atoms with Crippen LogP contribution in [0, 0.1) is 0 Å². The number of nitrogen functional groups attached to an aromatic ring is 1. The number of carboxylic acid groups (broad SMARTS) is 1. The van der Waals surface area contributed by atoms with E-state index in [1.165, 1.54) is 17.2 Å². The van der Waals surface area contributed by atoms with Crippen molar-refractivity contribution in [1.82, 2.24) is 29.4 Å². The molecule has 0 bridgehead atoms. The highest BCUT2D eigenvalue weighted by molar-refractivity contribution is 5.81. The molecule has 1 aliphatic rings. The van der Waals surface area contributed by atoms with Crippen molar-refractivity contribution in [2.75, 3.05) is 18.8 Å². The molecule has 0 radical (unpaired) electrons. The SMILES string of the molecule is Nc1ncnc2c1ncn2[C@@H]1O[C@H](CN(CC[C@H](N)C(=O)O)Cc2ccccn2)[C@@H](O)[C@H]1O. The van der Waals surface area contributed by atoms with Crippen molar-refractivity contribution in [2.45, 2.75) is 43.5 Å². The molecule has 4 rings (SSSR count). The number of fused-ring (bicyclic) bond motifs is 1. The number of nitrogens with zero attached hydrogens (tertiary/aromatic N) is 6. The number of aliphatic hydroxyl groups is 2. The molecular formula is C20H26N8O5. The molecule has 13 nitrogen and oxygen atoms in total. The first-order valence-electron chi connectivity index (χ1n) is 10.4. The van der Waals surface area contributed by atoms with E-state index in [1.807, 2.05) is 17.0 Å². The lowest BCUT2D eigenvalue weighted by molar-refractivity contribution is -0.138. The summed E-state index contributed by atoms with van der Waals surface area (Å²) in [5.41, 5.74) is 13.0. The van der Waals surface area contributed by atoms with Gasteiger partial charge in [-0.05, 0) is 18.6 Å². The molecule has 0 aliphatic carbocycles. The maximum atomic E-state index is 11.1. The van der Waals surface area contributed by atoms with Crippen LogP contribution in [0.25, 0.3) is 11.2 Å². The Labute approximate surface area is 188 Å². The first-order chi connectivity index (χ1) is 15.8. The first-order valence-corrected chi connectivity index (χ1v) is 10.4. The standard InChI is InChI=1S/C20H26N8O5/c21-12(20(31)32)4-6-27(7-11-3-1-2-5-23-11)8-13-15(29)16(30)19(33-13)28-10-26-14-17(22)24-9-25-18(14)28/h1-3,5,9-10,12-13,15-16,19,29-30H,4,6-8,21H2,(H,31,32)(H2,22,24,25)/t12-,13+,15+,16+,19+/m0/s1. The Hall–Kier alpha value is -3.23. The van der Waals surface area contributed by atoms with E-state index in [9.17, 15) is 15.0 Å². The van der Waals surface area contributed by atoms with E-state index in [-0.39, 0.29) is 18.8 Å². The summed E-state index contributed by atoms with van der Waals surface area (Å²) in [7, 11) is 0. The van der Waals surface area contributed by atoms with Crippen molar-refractivity contribution in [3.63, 3.8) is 0 Å². The second kappa shape index (κ2) is 9.72. The number of carboxylic acids is 1. The third kappa shape index (κ3) is 4.91. The summed E-state index contributed by atoms with van der Waals surface area (Å²) in [5, 5.41) is 30.5. The zero-order chi connectivity index (χ0) is 23.5. The minimum atomic E-state index is -1.25. The quantitative estimate of drug-likeness (QED) is 0.255. The van der Waals surface area contributed by atoms with Crippen LogP contribution in [0.1, 0.15) is 18.3 Å². The van der Waals surface area contributed by atoms with Gasteiger partial charge in [-0.3, -0.25) is 19.2 Å². The van der Waals surface area contributed by atoms with E-state index in [0.29, 0.717) is 24.3 Å². The zero-order valence-corrected chi connectivity index (χ0v) is 17.7. The average molecular weight is 458 g/mol. The van der Waals surface area contributed by atoms with Gasteiger partial charge in [-0.15, -0.1) is 0 Å². The van der Waals surface area contributed by atoms with E-state index in [2.05, 4.69) is 19.9 Å². The Kier molecular flexibility index (Phi) is 6.76. The lowest BCUT2D eigenvalue weighted by atomic mass is 10.1. The number of hydrogen-bond donors (Lipinski definition) is 5. The van der Waals surface area contributed by atoms with Gasteiger partial charge in [-0.1, -0.05) is 6.07 Å². The van der Waals surface area contributed by atoms with Crippen molar-refractivity contribution in [3.8, 4) is 0 Å². The fraction of sp³-hybridized carbons (Fsp3) is 0.450. The van der Waals surface area contributed by atoms with Crippen molar-refractivity contribution < 1.29 is 24.9 Å². The minimum absolute atomic E-state index is 0.194. The molecule has 5 atom stereocenters. The maximum Gasteiger partial charge on any atom is 0.320 e. The zero-order valence-electron chi connectivity index (χ0n) is 17.7. The number of aromatic nitrogens is 5. The molecule has 1 saturated heterocycles. The van der Waals surface area contributed by atoms with Gasteiger partial charge in [-0.25, -0.2) is 15.0 Å². The third-order valence-electron chi connectivity index (χ3n) is 5.62. The predicted octanol–water partition coefficient (Wildman–Crippen LogP) is -1.27. The highest BCUT2D eigenvalue weighted by Crippen LogP contribution is 2.32. The van der Waals surface area contributed by atoms with Gasteiger partial charge >= 0.3 is 5.97 Å². The number of rotatable bonds is 9. The normalized spacial score (nSPS) is 23.9. The molecule has 1 fully saturated rings. The number of aliphatic hydroxyl groups excluding tert-OH is 2. The van der Waals surface area contributed by atoms with Gasteiger partial charge < -0.3 is 31.5 Å². The summed E-state index contributed by atoms with van der Waals surface area (Å²) in [4.78, 5) is 29.6. The van der Waals surface area contributed by atoms with Crippen molar-refractivity contribution in [2.24, 2.45) is 5.73 Å². The molecule has 13 heteroatoms. The largest absolute Gasteiger partial charge is 0.480 e. The molecule has 176 valence electrons. The fourth-order valence-corrected chi connectivity index (χ4v) is 3.82. The van der Waals surface area contributed by atoms with Crippen LogP contribution in [0.15, 0.2) is 37.1 Å². The van der Waals surface area contributed by atoms with Crippen LogP contribution in [0.2, 0.25) is 0 Å². The van der Waals surface area contributed by atoms with Crippen molar-refractivity contribution in [3.05, 3.63) is 42.7 Å². The molecule has 0 unspecified atom stereocenters. The Balaban J connectivity index is 1.51. The van der Waals surface area contributed by atoms with Gasteiger partial charge in [0, 0.05) is 25.8 Å². The van der Waals surface area contributed by atoms with Crippen molar-refractivity contribution >= 4 is 23.0 Å². The Morgan fingerprint density at radius 2 is 2.03 bits per heavy atom. The van der Waals surface area contributed by atoms with Gasteiger partial charge in [0.25, 0.3) is 0 Å². The molecule has 7 N–H and O–H groups in total. The fourth-order valence-electron chi connectivity index (χ4n) is 3.82. The molecule has 3 aromatic heterocycles. The summed E-state index contributed by atoms with van der Waals surface area (Å²) < 4.78 is 7.52. The molecule has 0 aromatic carbocycles. The second-order valence-electron chi connectivity index (χ2n) is 7.92. The van der Waals surface area contributed by atoms with Crippen LogP contribution in [-0.2, 0) is 16.1 Å². The van der Waals surface area contributed by atoms with E-state index in [4.69, 9.17) is 21.3 Å². The van der Waals surface area contributed by atoms with Crippen LogP contribution in [0.5, 0.6) is 0 Å². The molecule has 4 heterocycles. The highest BCUT2D eigenvalue weighted by Gasteiger charge is 2.45. The number of carbonyl (C=O) groups is 1. The van der Waals surface area contributed by atoms with Gasteiger partial charge in [0.2, 0.25) is 0 Å². The lowest BCUT2D eigenvalue weighted by Gasteiger charge is -2.27.